The molecule has 2 atom stereocenters. The summed E-state index contributed by atoms with van der Waals surface area (Å²) in [5.74, 6) is 1.16. The molecule has 1 aliphatic rings. The molecule has 0 radical (unpaired) electrons. The van der Waals surface area contributed by atoms with Crippen LogP contribution in [0.15, 0.2) is 36.5 Å². The molecule has 1 aliphatic carbocycles. The van der Waals surface area contributed by atoms with Crippen molar-refractivity contribution in [2.75, 3.05) is 5.32 Å². The van der Waals surface area contributed by atoms with Crippen LogP contribution in [0.4, 0.5) is 5.95 Å². The van der Waals surface area contributed by atoms with Gasteiger partial charge in [0.05, 0.1) is 17.7 Å². The smallest absolute Gasteiger partial charge is 0.224 e. The van der Waals surface area contributed by atoms with Crippen LogP contribution in [0.5, 0.6) is 0 Å². The fourth-order valence-electron chi connectivity index (χ4n) is 3.02. The summed E-state index contributed by atoms with van der Waals surface area (Å²) < 4.78 is 1.69. The highest BCUT2D eigenvalue weighted by molar-refractivity contribution is 5.75. The molecule has 1 saturated carbocycles. The van der Waals surface area contributed by atoms with Crippen molar-refractivity contribution in [3.05, 3.63) is 36.5 Å². The fourth-order valence-corrected chi connectivity index (χ4v) is 3.02. The molecule has 1 fully saturated rings. The van der Waals surface area contributed by atoms with E-state index in [0.29, 0.717) is 11.8 Å². The zero-order valence-electron chi connectivity index (χ0n) is 12.6. The van der Waals surface area contributed by atoms with Crippen molar-refractivity contribution in [1.29, 1.82) is 0 Å². The van der Waals surface area contributed by atoms with Gasteiger partial charge in [-0.3, -0.25) is 0 Å². The predicted octanol–water partition coefficient (Wildman–Crippen LogP) is 1.93. The highest BCUT2D eigenvalue weighted by atomic mass is 16.3. The van der Waals surface area contributed by atoms with E-state index in [0.717, 1.165) is 36.7 Å². The van der Waals surface area contributed by atoms with Gasteiger partial charge in [-0.1, -0.05) is 30.2 Å². The number of anilines is 1. The highest BCUT2D eigenvalue weighted by Crippen LogP contribution is 2.21. The molecule has 0 spiro atoms. The van der Waals surface area contributed by atoms with E-state index in [4.69, 9.17) is 0 Å². The van der Waals surface area contributed by atoms with Crippen LogP contribution >= 0.6 is 0 Å². The number of aliphatic hydroxyl groups excluding tert-OH is 1. The van der Waals surface area contributed by atoms with E-state index in [9.17, 15) is 5.11 Å². The minimum absolute atomic E-state index is 0.00601. The Kier molecular flexibility index (Phi) is 3.63. The summed E-state index contributed by atoms with van der Waals surface area (Å²) in [6.45, 7) is 0. The molecule has 2 aromatic heterocycles. The number of fused-ring (bicyclic) bond motifs is 1. The van der Waals surface area contributed by atoms with Gasteiger partial charge >= 0.3 is 0 Å². The first-order chi connectivity index (χ1) is 11.3. The summed E-state index contributed by atoms with van der Waals surface area (Å²) in [6, 6.07) is 9.54. The number of aliphatic hydroxyl groups is 1. The molecule has 0 aliphatic heterocycles. The van der Waals surface area contributed by atoms with E-state index < -0.39 is 0 Å². The second-order valence-electron chi connectivity index (χ2n) is 5.83. The molecule has 1 aromatic carbocycles. The summed E-state index contributed by atoms with van der Waals surface area (Å²) in [5, 5.41) is 21.6. The summed E-state index contributed by atoms with van der Waals surface area (Å²) in [4.78, 5) is 8.78. The minimum Gasteiger partial charge on any atom is -0.391 e. The molecule has 0 amide bonds. The van der Waals surface area contributed by atoms with Crippen LogP contribution in [0.3, 0.4) is 0 Å². The largest absolute Gasteiger partial charge is 0.391 e. The second kappa shape index (κ2) is 5.92. The van der Waals surface area contributed by atoms with E-state index in [1.165, 1.54) is 0 Å². The van der Waals surface area contributed by atoms with Gasteiger partial charge in [0.15, 0.2) is 5.82 Å². The number of rotatable bonds is 3. The Morgan fingerprint density at radius 2 is 2.00 bits per heavy atom. The maximum Gasteiger partial charge on any atom is 0.224 e. The van der Waals surface area contributed by atoms with Crippen molar-refractivity contribution in [2.24, 2.45) is 0 Å². The molecule has 7 heteroatoms. The van der Waals surface area contributed by atoms with Crippen LogP contribution in [0.25, 0.3) is 16.9 Å². The molecule has 2 N–H and O–H groups in total. The lowest BCUT2D eigenvalue weighted by Crippen LogP contribution is -2.36. The maximum atomic E-state index is 10.1. The van der Waals surface area contributed by atoms with Crippen LogP contribution in [0, 0.1) is 0 Å². The monoisotopic (exact) mass is 310 g/mol. The number of hydrogen-bond acceptors (Lipinski definition) is 6. The average Bonchev–Trinajstić information content (AvgIpc) is 3.01. The molecule has 7 nitrogen and oxygen atoms in total. The van der Waals surface area contributed by atoms with Gasteiger partial charge in [-0.25, -0.2) is 4.98 Å². The molecule has 2 heterocycles. The number of nitrogens with zero attached hydrogens (tertiary/aromatic N) is 5. The van der Waals surface area contributed by atoms with Crippen LogP contribution in [-0.2, 0) is 0 Å². The summed E-state index contributed by atoms with van der Waals surface area (Å²) in [5.41, 5.74) is 1.72. The van der Waals surface area contributed by atoms with Crippen LogP contribution in [0.2, 0.25) is 0 Å². The van der Waals surface area contributed by atoms with Gasteiger partial charge < -0.3 is 10.4 Å². The predicted molar refractivity (Wildman–Crippen MR) is 86.3 cm³/mol. The average molecular weight is 310 g/mol. The topological polar surface area (TPSA) is 88.8 Å². The van der Waals surface area contributed by atoms with Crippen LogP contribution in [0.1, 0.15) is 25.7 Å². The van der Waals surface area contributed by atoms with Gasteiger partial charge in [-0.15, -0.1) is 5.10 Å². The van der Waals surface area contributed by atoms with E-state index in [1.54, 1.807) is 16.9 Å². The first-order valence-corrected chi connectivity index (χ1v) is 7.90. The Hall–Kier alpha value is -2.54. The van der Waals surface area contributed by atoms with Gasteiger partial charge in [0, 0.05) is 12.3 Å². The lowest BCUT2D eigenvalue weighted by Gasteiger charge is -2.28. The van der Waals surface area contributed by atoms with Crippen molar-refractivity contribution in [1.82, 2.24) is 25.0 Å². The molecule has 0 unspecified atom stereocenters. The van der Waals surface area contributed by atoms with Crippen molar-refractivity contribution >= 4 is 17.0 Å². The standard InChI is InChI=1S/C16H18N6O/c23-14-8-4-2-6-12(14)18-16-17-10-9-15(19-16)22-13-7-3-1-5-11(13)20-21-22/h1,3,5,7,9-10,12,14,23H,2,4,6,8H2,(H,17,18,19)/t12-,14-/m0/s1. The Bertz CT molecular complexity index is 817. The van der Waals surface area contributed by atoms with Crippen LogP contribution in [-0.4, -0.2) is 42.2 Å². The van der Waals surface area contributed by atoms with Gasteiger partial charge in [0.2, 0.25) is 5.95 Å². The van der Waals surface area contributed by atoms with Crippen molar-refractivity contribution in [2.45, 2.75) is 37.8 Å². The summed E-state index contributed by atoms with van der Waals surface area (Å²) in [7, 11) is 0. The summed E-state index contributed by atoms with van der Waals surface area (Å²) in [6.07, 6.45) is 5.29. The molecule has 23 heavy (non-hydrogen) atoms. The van der Waals surface area contributed by atoms with E-state index in [-0.39, 0.29) is 12.1 Å². The van der Waals surface area contributed by atoms with Gasteiger partial charge in [0.25, 0.3) is 0 Å². The number of hydrogen-bond donors (Lipinski definition) is 2. The lowest BCUT2D eigenvalue weighted by molar-refractivity contribution is 0.116. The van der Waals surface area contributed by atoms with Gasteiger partial charge in [-0.2, -0.15) is 9.67 Å². The van der Waals surface area contributed by atoms with Gasteiger partial charge in [-0.05, 0) is 25.0 Å². The third kappa shape index (κ3) is 2.75. The summed E-state index contributed by atoms with van der Waals surface area (Å²) >= 11 is 0. The Morgan fingerprint density at radius 1 is 1.13 bits per heavy atom. The molecular weight excluding hydrogens is 292 g/mol. The molecule has 118 valence electrons. The number of aromatic nitrogens is 5. The van der Waals surface area contributed by atoms with E-state index >= 15 is 0 Å². The first kappa shape index (κ1) is 14.1. The molecular formula is C16H18N6O. The Balaban J connectivity index is 1.63. The first-order valence-electron chi connectivity index (χ1n) is 7.90. The Labute approximate surface area is 133 Å². The lowest BCUT2D eigenvalue weighted by atomic mass is 9.93. The third-order valence-corrected chi connectivity index (χ3v) is 4.25. The zero-order valence-corrected chi connectivity index (χ0v) is 12.6. The SMILES string of the molecule is O[C@H]1CCCC[C@@H]1Nc1nccc(-n2nnc3ccccc32)n1. The third-order valence-electron chi connectivity index (χ3n) is 4.25. The van der Waals surface area contributed by atoms with Crippen LogP contribution < -0.4 is 5.32 Å². The molecule has 3 aromatic rings. The van der Waals surface area contributed by atoms with Crippen molar-refractivity contribution in [3.8, 4) is 5.82 Å². The van der Waals surface area contributed by atoms with E-state index in [2.05, 4.69) is 25.6 Å². The second-order valence-corrected chi connectivity index (χ2v) is 5.83. The normalized spacial score (nSPS) is 21.4. The number of para-hydroxylation sites is 1. The van der Waals surface area contributed by atoms with Gasteiger partial charge in [0.1, 0.15) is 5.52 Å². The molecule has 0 saturated heterocycles. The number of benzene rings is 1. The quantitative estimate of drug-likeness (QED) is 0.768. The minimum atomic E-state index is -0.344. The number of nitrogens with one attached hydrogen (secondary N) is 1. The highest BCUT2D eigenvalue weighted by Gasteiger charge is 2.23. The maximum absolute atomic E-state index is 10.1. The van der Waals surface area contributed by atoms with Crippen molar-refractivity contribution < 1.29 is 5.11 Å². The molecule has 0 bridgehead atoms. The van der Waals surface area contributed by atoms with Crippen molar-refractivity contribution in [3.63, 3.8) is 0 Å². The Morgan fingerprint density at radius 3 is 2.91 bits per heavy atom. The molecule has 4 rings (SSSR count). The zero-order chi connectivity index (χ0) is 15.6. The fraction of sp³-hybridized carbons (Fsp3) is 0.375. The van der Waals surface area contributed by atoms with E-state index in [1.807, 2.05) is 24.3 Å².